The van der Waals surface area contributed by atoms with Crippen molar-refractivity contribution in [1.82, 2.24) is 0 Å². The van der Waals surface area contributed by atoms with Gasteiger partial charge in [0.1, 0.15) is 5.00 Å². The van der Waals surface area contributed by atoms with Gasteiger partial charge in [-0.1, -0.05) is 30.7 Å². The molecule has 1 aromatic heterocycles. The number of thioether (sulfide) groups is 1. The van der Waals surface area contributed by atoms with E-state index in [0.29, 0.717) is 21.8 Å². The quantitative estimate of drug-likeness (QED) is 0.229. The molecular weight excluding hydrogens is 480 g/mol. The lowest BCUT2D eigenvalue weighted by molar-refractivity contribution is -0.113. The molecule has 3 aromatic rings. The van der Waals surface area contributed by atoms with E-state index in [4.69, 9.17) is 4.74 Å². The summed E-state index contributed by atoms with van der Waals surface area (Å²) in [6.45, 7) is 1.90. The predicted molar refractivity (Wildman–Crippen MR) is 142 cm³/mol. The summed E-state index contributed by atoms with van der Waals surface area (Å²) in [5.74, 6) is -0.579. The fraction of sp³-hybridized carbons (Fsp3) is 0.296. The van der Waals surface area contributed by atoms with E-state index in [2.05, 4.69) is 10.6 Å². The summed E-state index contributed by atoms with van der Waals surface area (Å²) in [5.41, 5.74) is 3.73. The Bertz CT molecular complexity index is 1250. The molecule has 1 heterocycles. The standard InChI is InChI=1S/C27H28N2O4S2/c1-17-9-6-7-12-20(17)25(31)28-18-10-8-11-19(15-18)34-16-23(30)29-26-24(27(32)33-2)21-13-4-3-5-14-22(21)35-26/h6-12,15H,3-5,13-14,16H2,1-2H3,(H,28,31)(H,29,30). The number of benzene rings is 2. The number of anilines is 2. The van der Waals surface area contributed by atoms with Gasteiger partial charge in [-0.2, -0.15) is 0 Å². The first-order chi connectivity index (χ1) is 17.0. The number of thiophene rings is 1. The normalized spacial score (nSPS) is 12.9. The van der Waals surface area contributed by atoms with Crippen molar-refractivity contribution >= 4 is 51.6 Å². The Labute approximate surface area is 213 Å². The Morgan fingerprint density at radius 3 is 2.60 bits per heavy atom. The number of ether oxygens (including phenoxy) is 1. The largest absolute Gasteiger partial charge is 0.465 e. The van der Waals surface area contributed by atoms with Crippen LogP contribution in [0.25, 0.3) is 0 Å². The SMILES string of the molecule is COC(=O)c1c(NC(=O)CSc2cccc(NC(=O)c3ccccc3C)c2)sc2c1CCCCC2. The molecule has 0 spiro atoms. The van der Waals surface area contributed by atoms with Crippen LogP contribution in [-0.4, -0.2) is 30.6 Å². The fourth-order valence-electron chi connectivity index (χ4n) is 4.15. The number of hydrogen-bond donors (Lipinski definition) is 2. The first kappa shape index (κ1) is 25.0. The molecule has 2 amide bonds. The molecule has 0 saturated carbocycles. The Morgan fingerprint density at radius 1 is 1.00 bits per heavy atom. The first-order valence-corrected chi connectivity index (χ1v) is 13.4. The van der Waals surface area contributed by atoms with Crippen molar-refractivity contribution in [2.75, 3.05) is 23.5 Å². The van der Waals surface area contributed by atoms with Crippen LogP contribution in [0.5, 0.6) is 0 Å². The number of amides is 2. The van der Waals surface area contributed by atoms with E-state index < -0.39 is 5.97 Å². The Balaban J connectivity index is 1.40. The molecule has 0 unspecified atom stereocenters. The average molecular weight is 509 g/mol. The van der Waals surface area contributed by atoms with E-state index in [9.17, 15) is 14.4 Å². The third-order valence-electron chi connectivity index (χ3n) is 5.92. The minimum Gasteiger partial charge on any atom is -0.465 e. The van der Waals surface area contributed by atoms with Crippen molar-refractivity contribution in [3.63, 3.8) is 0 Å². The molecule has 0 bridgehead atoms. The Morgan fingerprint density at radius 2 is 1.80 bits per heavy atom. The minimum atomic E-state index is -0.399. The van der Waals surface area contributed by atoms with Crippen molar-refractivity contribution in [3.8, 4) is 0 Å². The second-order valence-corrected chi connectivity index (χ2v) is 10.5. The highest BCUT2D eigenvalue weighted by atomic mass is 32.2. The summed E-state index contributed by atoms with van der Waals surface area (Å²) in [6, 6.07) is 14.8. The van der Waals surface area contributed by atoms with Gasteiger partial charge in [-0.05, 0) is 68.0 Å². The summed E-state index contributed by atoms with van der Waals surface area (Å²) in [4.78, 5) is 39.9. The Kier molecular flexibility index (Phi) is 8.25. The van der Waals surface area contributed by atoms with Gasteiger partial charge < -0.3 is 15.4 Å². The topological polar surface area (TPSA) is 84.5 Å². The van der Waals surface area contributed by atoms with Gasteiger partial charge >= 0.3 is 5.97 Å². The van der Waals surface area contributed by atoms with E-state index in [1.54, 1.807) is 6.07 Å². The molecule has 0 saturated heterocycles. The smallest absolute Gasteiger partial charge is 0.341 e. The summed E-state index contributed by atoms with van der Waals surface area (Å²) < 4.78 is 5.01. The van der Waals surface area contributed by atoms with Crippen molar-refractivity contribution < 1.29 is 19.1 Å². The molecule has 8 heteroatoms. The van der Waals surface area contributed by atoms with Crippen LogP contribution in [0.2, 0.25) is 0 Å². The number of fused-ring (bicyclic) bond motifs is 1. The van der Waals surface area contributed by atoms with Crippen molar-refractivity contribution in [2.24, 2.45) is 0 Å². The lowest BCUT2D eigenvalue weighted by Gasteiger charge is -2.10. The van der Waals surface area contributed by atoms with E-state index in [-0.39, 0.29) is 17.6 Å². The fourth-order valence-corrected chi connectivity index (χ4v) is 6.20. The summed E-state index contributed by atoms with van der Waals surface area (Å²) in [5, 5.41) is 6.44. The summed E-state index contributed by atoms with van der Waals surface area (Å²) in [6.07, 6.45) is 5.03. The third kappa shape index (κ3) is 6.13. The molecule has 6 nitrogen and oxygen atoms in total. The number of esters is 1. The lowest BCUT2D eigenvalue weighted by atomic mass is 10.1. The van der Waals surface area contributed by atoms with Crippen LogP contribution in [-0.2, 0) is 22.4 Å². The summed E-state index contributed by atoms with van der Waals surface area (Å²) >= 11 is 2.86. The van der Waals surface area contributed by atoms with Crippen LogP contribution in [0.3, 0.4) is 0 Å². The highest BCUT2D eigenvalue weighted by molar-refractivity contribution is 8.00. The number of aryl methyl sites for hydroxylation is 2. The van der Waals surface area contributed by atoms with Gasteiger partial charge in [-0.25, -0.2) is 4.79 Å². The number of carbonyl (C=O) groups is 3. The number of rotatable bonds is 7. The molecule has 0 radical (unpaired) electrons. The molecule has 0 atom stereocenters. The third-order valence-corrected chi connectivity index (χ3v) is 8.12. The van der Waals surface area contributed by atoms with Gasteiger partial charge in [0.05, 0.1) is 18.4 Å². The maximum absolute atomic E-state index is 12.8. The van der Waals surface area contributed by atoms with E-state index >= 15 is 0 Å². The first-order valence-electron chi connectivity index (χ1n) is 11.6. The molecule has 1 aliphatic rings. The van der Waals surface area contributed by atoms with Gasteiger partial charge in [-0.15, -0.1) is 23.1 Å². The van der Waals surface area contributed by atoms with Crippen molar-refractivity contribution in [3.05, 3.63) is 75.7 Å². The number of carbonyl (C=O) groups excluding carboxylic acids is 3. The highest BCUT2D eigenvalue weighted by Gasteiger charge is 2.26. The molecule has 35 heavy (non-hydrogen) atoms. The van der Waals surface area contributed by atoms with Crippen LogP contribution in [0.4, 0.5) is 10.7 Å². The Hall–Kier alpha value is -3.10. The van der Waals surface area contributed by atoms with Crippen LogP contribution in [0.15, 0.2) is 53.4 Å². The van der Waals surface area contributed by atoms with E-state index in [1.807, 2.05) is 49.4 Å². The highest BCUT2D eigenvalue weighted by Crippen LogP contribution is 2.38. The number of methoxy groups -OCH3 is 1. The zero-order chi connectivity index (χ0) is 24.8. The molecule has 182 valence electrons. The van der Waals surface area contributed by atoms with Crippen LogP contribution < -0.4 is 10.6 Å². The van der Waals surface area contributed by atoms with Crippen LogP contribution in [0, 0.1) is 6.92 Å². The van der Waals surface area contributed by atoms with Gasteiger partial charge in [0.15, 0.2) is 0 Å². The minimum absolute atomic E-state index is 0.171. The summed E-state index contributed by atoms with van der Waals surface area (Å²) in [7, 11) is 1.37. The molecular formula is C27H28N2O4S2. The second-order valence-electron chi connectivity index (χ2n) is 8.39. The maximum Gasteiger partial charge on any atom is 0.341 e. The van der Waals surface area contributed by atoms with Gasteiger partial charge in [0, 0.05) is 21.0 Å². The molecule has 4 rings (SSSR count). The molecule has 0 fully saturated rings. The zero-order valence-corrected chi connectivity index (χ0v) is 21.4. The van der Waals surface area contributed by atoms with Gasteiger partial charge in [0.2, 0.25) is 5.91 Å². The van der Waals surface area contributed by atoms with Crippen LogP contribution >= 0.6 is 23.1 Å². The van der Waals surface area contributed by atoms with Crippen LogP contribution in [0.1, 0.15) is 56.0 Å². The molecule has 1 aliphatic carbocycles. The van der Waals surface area contributed by atoms with Gasteiger partial charge in [0.25, 0.3) is 5.91 Å². The second kappa shape index (κ2) is 11.6. The zero-order valence-electron chi connectivity index (χ0n) is 19.8. The molecule has 2 aromatic carbocycles. The van der Waals surface area contributed by atoms with Gasteiger partial charge in [-0.3, -0.25) is 9.59 Å². The number of nitrogens with one attached hydrogen (secondary N) is 2. The van der Waals surface area contributed by atoms with E-state index in [0.717, 1.165) is 48.1 Å². The monoisotopic (exact) mass is 508 g/mol. The van der Waals surface area contributed by atoms with Crippen molar-refractivity contribution in [1.29, 1.82) is 0 Å². The molecule has 0 aliphatic heterocycles. The molecule has 2 N–H and O–H groups in total. The maximum atomic E-state index is 12.8. The predicted octanol–water partition coefficient (Wildman–Crippen LogP) is 6.10. The van der Waals surface area contributed by atoms with Crippen molar-refractivity contribution in [2.45, 2.75) is 43.9 Å². The van der Waals surface area contributed by atoms with E-state index in [1.165, 1.54) is 35.1 Å². The lowest BCUT2D eigenvalue weighted by Crippen LogP contribution is -2.16. The average Bonchev–Trinajstić information content (AvgIpc) is 3.02. The number of hydrogen-bond acceptors (Lipinski definition) is 6.